The number of phosphoric ester groups is 1. The summed E-state index contributed by atoms with van der Waals surface area (Å²) in [7, 11) is -5.32. The molecule has 25 atom stereocenters. The molecule has 63 heavy (non-hydrogen) atoms. The standard InChI is InChI=1S/C32H56NO29P/c1-7(38)33-13-16(43)14(41)12(54-28(13)49)6-53-32-27(19(46)22(57-32)8(39)2-34)61-30-20(47)25(15(42)10(4-36)55-30)59-31-21(48)26(23(58-31)9(40)3-35)60-29-18(45)17(44)24(11(5-37)56-29)62-63(50,51)52/h8-32,34-37,39-49H,2-6H2,1H3,(H,33,38)(H2,50,51,52)/t8-,9-,10-,11-,12-,13-,14-,15-,16-,17-,18-,19+,20-,21-,22+,23+,24+,25+,26-,27-,28-,29+,30-,31+,32-/m1/s1. The summed E-state index contributed by atoms with van der Waals surface area (Å²) in [6.45, 7) is -3.76. The summed E-state index contributed by atoms with van der Waals surface area (Å²) in [5.74, 6) is -0.670. The monoisotopic (exact) mass is 949 g/mol. The fourth-order valence-electron chi connectivity index (χ4n) is 7.62. The molecule has 0 spiro atoms. The van der Waals surface area contributed by atoms with Gasteiger partial charge in [0.15, 0.2) is 31.5 Å². The van der Waals surface area contributed by atoms with Crippen molar-refractivity contribution in [2.45, 2.75) is 160 Å². The van der Waals surface area contributed by atoms with Gasteiger partial charge in [0.2, 0.25) is 5.91 Å². The van der Waals surface area contributed by atoms with E-state index in [0.717, 1.165) is 6.92 Å². The van der Waals surface area contributed by atoms with Crippen molar-refractivity contribution in [1.29, 1.82) is 0 Å². The summed E-state index contributed by atoms with van der Waals surface area (Å²) in [5, 5.41) is 160. The number of phosphoric acid groups is 1. The molecule has 368 valence electrons. The Morgan fingerprint density at radius 1 is 0.571 bits per heavy atom. The first-order chi connectivity index (χ1) is 29.6. The third-order valence-corrected chi connectivity index (χ3v) is 11.4. The van der Waals surface area contributed by atoms with Crippen LogP contribution in [-0.2, 0) is 56.5 Å². The zero-order valence-corrected chi connectivity index (χ0v) is 33.8. The Morgan fingerprint density at radius 2 is 1.10 bits per heavy atom. The van der Waals surface area contributed by atoms with E-state index >= 15 is 0 Å². The first kappa shape index (κ1) is 52.6. The smallest absolute Gasteiger partial charge is 0.394 e. The number of hydrogen-bond donors (Lipinski definition) is 18. The lowest BCUT2D eigenvalue weighted by Gasteiger charge is -2.44. The van der Waals surface area contributed by atoms with Gasteiger partial charge in [0.25, 0.3) is 0 Å². The van der Waals surface area contributed by atoms with Crippen LogP contribution < -0.4 is 5.32 Å². The highest BCUT2D eigenvalue weighted by Crippen LogP contribution is 2.42. The van der Waals surface area contributed by atoms with Crippen LogP contribution in [0.2, 0.25) is 0 Å². The predicted molar refractivity (Wildman–Crippen MR) is 189 cm³/mol. The molecule has 18 N–H and O–H groups in total. The van der Waals surface area contributed by atoms with Crippen LogP contribution in [0.5, 0.6) is 0 Å². The van der Waals surface area contributed by atoms with Crippen LogP contribution in [0.1, 0.15) is 6.92 Å². The molecule has 5 aliphatic heterocycles. The molecule has 0 unspecified atom stereocenters. The summed E-state index contributed by atoms with van der Waals surface area (Å²) >= 11 is 0. The molecule has 0 aromatic heterocycles. The molecule has 5 heterocycles. The van der Waals surface area contributed by atoms with Gasteiger partial charge in [0.05, 0.1) is 33.0 Å². The number of carbonyl (C=O) groups excluding carboxylic acids is 1. The molecule has 5 fully saturated rings. The number of rotatable bonds is 18. The van der Waals surface area contributed by atoms with Crippen LogP contribution in [0.3, 0.4) is 0 Å². The third kappa shape index (κ3) is 11.8. The minimum atomic E-state index is -5.32. The first-order valence-electron chi connectivity index (χ1n) is 19.4. The topological polar surface area (TPSA) is 482 Å². The Hall–Kier alpha value is -1.38. The Bertz CT molecular complexity index is 1500. The second-order valence-corrected chi connectivity index (χ2v) is 16.5. The normalized spacial score (nSPS) is 47.0. The molecule has 0 aromatic carbocycles. The SMILES string of the molecule is CC(=O)N[C@@H]1[C@@H](O)[C@H](O)[C@@H](CO[C@@H]2O[C@@H]([C@H](O)CO)[C@H](O)[C@H]2O[C@H]2O[C@H](CO)[C@@H](O)[C@H](O[C@@H]3O[C@@H]([C@H](O)CO)[C@H](O[C@@H]4O[C@H](CO)[C@H](OP(=O)(O)O)[C@H](O)[C@H]4O)[C@H]3O)[C@H]2O)O[C@H]1O. The van der Waals surface area contributed by atoms with Crippen molar-refractivity contribution in [3.05, 3.63) is 0 Å². The van der Waals surface area contributed by atoms with E-state index in [2.05, 4.69) is 9.84 Å². The molecule has 0 bridgehead atoms. The maximum Gasteiger partial charge on any atom is 0.470 e. The summed E-state index contributed by atoms with van der Waals surface area (Å²) in [6.07, 6.45) is -46.0. The molecular formula is C32H56NO29P. The van der Waals surface area contributed by atoms with E-state index in [1.807, 2.05) is 0 Å². The molecule has 5 rings (SSSR count). The van der Waals surface area contributed by atoms with Gasteiger partial charge in [-0.25, -0.2) is 4.57 Å². The molecule has 0 radical (unpaired) electrons. The highest BCUT2D eigenvalue weighted by molar-refractivity contribution is 7.46. The van der Waals surface area contributed by atoms with Crippen LogP contribution in [0, 0.1) is 0 Å². The lowest BCUT2D eigenvalue weighted by atomic mass is 9.97. The van der Waals surface area contributed by atoms with Crippen molar-refractivity contribution in [3.63, 3.8) is 0 Å². The summed E-state index contributed by atoms with van der Waals surface area (Å²) in [5.41, 5.74) is 0. The fourth-order valence-corrected chi connectivity index (χ4v) is 8.19. The lowest BCUT2D eigenvalue weighted by molar-refractivity contribution is -0.349. The fraction of sp³-hybridized carbons (Fsp3) is 0.969. The van der Waals surface area contributed by atoms with Crippen molar-refractivity contribution in [1.82, 2.24) is 5.32 Å². The second kappa shape index (κ2) is 22.2. The quantitative estimate of drug-likeness (QED) is 0.0567. The van der Waals surface area contributed by atoms with Crippen molar-refractivity contribution >= 4 is 13.7 Å². The molecule has 31 heteroatoms. The minimum absolute atomic E-state index is 0.670. The number of aliphatic hydroxyl groups is 15. The van der Waals surface area contributed by atoms with E-state index in [-0.39, 0.29) is 0 Å². The highest BCUT2D eigenvalue weighted by Gasteiger charge is 2.58. The molecule has 0 aliphatic carbocycles. The first-order valence-corrected chi connectivity index (χ1v) is 20.9. The minimum Gasteiger partial charge on any atom is -0.394 e. The summed E-state index contributed by atoms with van der Waals surface area (Å²) < 4.78 is 65.9. The van der Waals surface area contributed by atoms with Gasteiger partial charge in [0, 0.05) is 6.92 Å². The predicted octanol–water partition coefficient (Wildman–Crippen LogP) is -11.7. The molecule has 30 nitrogen and oxygen atoms in total. The van der Waals surface area contributed by atoms with E-state index in [0.29, 0.717) is 0 Å². The van der Waals surface area contributed by atoms with E-state index in [1.165, 1.54) is 0 Å². The summed E-state index contributed by atoms with van der Waals surface area (Å²) in [6, 6.07) is -1.45. The van der Waals surface area contributed by atoms with E-state index in [9.17, 15) is 95.7 Å². The van der Waals surface area contributed by atoms with E-state index < -0.39 is 200 Å². The maximum atomic E-state index is 11.5. The average Bonchev–Trinajstić information content (AvgIpc) is 3.71. The molecule has 5 saturated heterocycles. The van der Waals surface area contributed by atoms with E-state index in [1.54, 1.807) is 0 Å². The Balaban J connectivity index is 1.32. The van der Waals surface area contributed by atoms with Crippen LogP contribution in [0.25, 0.3) is 0 Å². The molecule has 0 saturated carbocycles. The second-order valence-electron chi connectivity index (χ2n) is 15.3. The number of nitrogens with one attached hydrogen (secondary N) is 1. The molecule has 0 aromatic rings. The highest BCUT2D eigenvalue weighted by atomic mass is 31.2. The molecule has 1 amide bonds. The van der Waals surface area contributed by atoms with Crippen molar-refractivity contribution < 1.29 is 143 Å². The van der Waals surface area contributed by atoms with Crippen molar-refractivity contribution in [3.8, 4) is 0 Å². The van der Waals surface area contributed by atoms with Crippen molar-refractivity contribution in [2.75, 3.05) is 33.0 Å². The zero-order chi connectivity index (χ0) is 46.8. The Morgan fingerprint density at radius 3 is 1.68 bits per heavy atom. The number of hydrogen-bond acceptors (Lipinski definition) is 27. The van der Waals surface area contributed by atoms with Gasteiger partial charge >= 0.3 is 7.82 Å². The molecular weight excluding hydrogens is 893 g/mol. The zero-order valence-electron chi connectivity index (χ0n) is 32.9. The molecule has 5 aliphatic rings. The van der Waals surface area contributed by atoms with Gasteiger partial charge in [-0.2, -0.15) is 0 Å². The largest absolute Gasteiger partial charge is 0.470 e. The lowest BCUT2D eigenvalue weighted by Crippen LogP contribution is -2.64. The van der Waals surface area contributed by atoms with Gasteiger partial charge in [0.1, 0.15) is 122 Å². The average molecular weight is 950 g/mol. The van der Waals surface area contributed by atoms with Crippen LogP contribution >= 0.6 is 7.82 Å². The van der Waals surface area contributed by atoms with Crippen LogP contribution in [0.15, 0.2) is 0 Å². The number of ether oxygens (including phenoxy) is 9. The Kier molecular flexibility index (Phi) is 18.5. The van der Waals surface area contributed by atoms with Gasteiger partial charge in [-0.15, -0.1) is 0 Å². The van der Waals surface area contributed by atoms with Gasteiger partial charge in [-0.1, -0.05) is 0 Å². The number of aliphatic hydroxyl groups excluding tert-OH is 15. The third-order valence-electron chi connectivity index (χ3n) is 10.9. The van der Waals surface area contributed by atoms with Crippen LogP contribution in [-0.4, -0.2) is 279 Å². The van der Waals surface area contributed by atoms with Gasteiger partial charge in [-0.05, 0) is 0 Å². The van der Waals surface area contributed by atoms with Crippen molar-refractivity contribution in [2.24, 2.45) is 0 Å². The number of amides is 1. The van der Waals surface area contributed by atoms with E-state index in [4.69, 9.17) is 42.6 Å². The van der Waals surface area contributed by atoms with Gasteiger partial charge in [-0.3, -0.25) is 9.32 Å². The number of carbonyl (C=O) groups is 1. The van der Waals surface area contributed by atoms with Crippen LogP contribution in [0.4, 0.5) is 0 Å². The Labute approximate surface area is 355 Å². The van der Waals surface area contributed by atoms with Gasteiger partial charge < -0.3 is 134 Å². The summed E-state index contributed by atoms with van der Waals surface area (Å²) in [4.78, 5) is 29.9. The maximum absolute atomic E-state index is 11.5.